The standard InChI is InChI=1S/C13H17N3O6/c1-4-5-15-10(18)11(19)16(13(15)22)6-8(17)14-9(7(2)3)12(20)21/h4,7,9H,1,5-6H2,2-3H3,(H,14,17)(H,20,21)/t9-/m0/s1. The van der Waals surface area contributed by atoms with Crippen molar-refractivity contribution in [2.75, 3.05) is 13.1 Å². The number of nitrogens with one attached hydrogen (secondary N) is 1. The monoisotopic (exact) mass is 311 g/mol. The van der Waals surface area contributed by atoms with Gasteiger partial charge in [-0.2, -0.15) is 0 Å². The van der Waals surface area contributed by atoms with E-state index in [1.54, 1.807) is 13.8 Å². The molecule has 0 saturated carbocycles. The minimum absolute atomic E-state index is 0.148. The third kappa shape index (κ3) is 3.48. The lowest BCUT2D eigenvalue weighted by Crippen LogP contribution is -2.49. The molecule has 1 aliphatic heterocycles. The van der Waals surface area contributed by atoms with E-state index < -0.39 is 42.3 Å². The first kappa shape index (κ1) is 17.3. The molecule has 0 unspecified atom stereocenters. The average molecular weight is 311 g/mol. The van der Waals surface area contributed by atoms with Gasteiger partial charge in [0.15, 0.2) is 0 Å². The van der Waals surface area contributed by atoms with Gasteiger partial charge in [0.1, 0.15) is 12.6 Å². The van der Waals surface area contributed by atoms with Gasteiger partial charge in [0.2, 0.25) is 5.91 Å². The maximum atomic E-state index is 11.9. The number of carboxylic acids is 1. The second kappa shape index (κ2) is 6.83. The number of carboxylic acid groups (broad SMARTS) is 1. The Kier molecular flexibility index (Phi) is 5.39. The molecule has 0 aliphatic carbocycles. The van der Waals surface area contributed by atoms with Gasteiger partial charge >= 0.3 is 23.8 Å². The van der Waals surface area contributed by atoms with Crippen LogP contribution in [0.2, 0.25) is 0 Å². The summed E-state index contributed by atoms with van der Waals surface area (Å²) in [5.41, 5.74) is 0. The van der Waals surface area contributed by atoms with Crippen LogP contribution >= 0.6 is 0 Å². The van der Waals surface area contributed by atoms with Crippen molar-refractivity contribution in [2.45, 2.75) is 19.9 Å². The Balaban J connectivity index is 2.78. The Morgan fingerprint density at radius 3 is 2.23 bits per heavy atom. The number of aliphatic carboxylic acids is 1. The third-order valence-corrected chi connectivity index (χ3v) is 3.00. The quantitative estimate of drug-likeness (QED) is 0.360. The first-order chi connectivity index (χ1) is 10.2. The number of carbonyl (C=O) groups is 5. The van der Waals surface area contributed by atoms with Gasteiger partial charge in [-0.15, -0.1) is 6.58 Å². The van der Waals surface area contributed by atoms with Crippen molar-refractivity contribution in [3.05, 3.63) is 12.7 Å². The second-order valence-corrected chi connectivity index (χ2v) is 5.01. The maximum absolute atomic E-state index is 11.9. The molecule has 22 heavy (non-hydrogen) atoms. The van der Waals surface area contributed by atoms with Crippen molar-refractivity contribution in [1.82, 2.24) is 15.1 Å². The van der Waals surface area contributed by atoms with E-state index in [-0.39, 0.29) is 12.5 Å². The van der Waals surface area contributed by atoms with Gasteiger partial charge in [0.25, 0.3) is 0 Å². The summed E-state index contributed by atoms with van der Waals surface area (Å²) in [7, 11) is 0. The lowest BCUT2D eigenvalue weighted by molar-refractivity contribution is -0.145. The molecule has 9 nitrogen and oxygen atoms in total. The van der Waals surface area contributed by atoms with Crippen molar-refractivity contribution >= 4 is 29.7 Å². The highest BCUT2D eigenvalue weighted by Crippen LogP contribution is 2.11. The molecule has 2 N–H and O–H groups in total. The minimum Gasteiger partial charge on any atom is -0.480 e. The predicted octanol–water partition coefficient (Wildman–Crippen LogP) is -0.811. The van der Waals surface area contributed by atoms with Crippen LogP contribution < -0.4 is 5.32 Å². The van der Waals surface area contributed by atoms with Gasteiger partial charge < -0.3 is 10.4 Å². The number of nitrogens with zero attached hydrogens (tertiary/aromatic N) is 2. The van der Waals surface area contributed by atoms with Gasteiger partial charge in [-0.3, -0.25) is 19.3 Å². The SMILES string of the molecule is C=CCN1C(=O)C(=O)N(CC(=O)N[C@H](C(=O)O)C(C)C)C1=O. The van der Waals surface area contributed by atoms with E-state index in [4.69, 9.17) is 5.11 Å². The second-order valence-electron chi connectivity index (χ2n) is 5.01. The van der Waals surface area contributed by atoms with Crippen LogP contribution in [0.15, 0.2) is 12.7 Å². The smallest absolute Gasteiger partial charge is 0.335 e. The van der Waals surface area contributed by atoms with E-state index in [0.29, 0.717) is 9.80 Å². The highest BCUT2D eigenvalue weighted by Gasteiger charge is 2.44. The van der Waals surface area contributed by atoms with E-state index in [2.05, 4.69) is 11.9 Å². The molecule has 1 aliphatic rings. The molecular formula is C13H17N3O6. The van der Waals surface area contributed by atoms with Crippen molar-refractivity contribution in [2.24, 2.45) is 5.92 Å². The molecule has 0 bridgehead atoms. The van der Waals surface area contributed by atoms with E-state index >= 15 is 0 Å². The zero-order valence-corrected chi connectivity index (χ0v) is 12.2. The van der Waals surface area contributed by atoms with Crippen LogP contribution in [0.25, 0.3) is 0 Å². The van der Waals surface area contributed by atoms with E-state index in [1.165, 1.54) is 6.08 Å². The zero-order valence-electron chi connectivity index (χ0n) is 12.2. The number of hydrogen-bond donors (Lipinski definition) is 2. The highest BCUT2D eigenvalue weighted by molar-refractivity contribution is 6.45. The number of amides is 5. The van der Waals surface area contributed by atoms with Crippen LogP contribution in [0.3, 0.4) is 0 Å². The first-order valence-electron chi connectivity index (χ1n) is 6.51. The molecule has 1 fully saturated rings. The van der Waals surface area contributed by atoms with Crippen molar-refractivity contribution in [3.8, 4) is 0 Å². The summed E-state index contributed by atoms with van der Waals surface area (Å²) in [6, 6.07) is -2.08. The maximum Gasteiger partial charge on any atom is 0.335 e. The molecule has 0 aromatic heterocycles. The summed E-state index contributed by atoms with van der Waals surface area (Å²) in [4.78, 5) is 59.1. The average Bonchev–Trinajstić information content (AvgIpc) is 2.62. The van der Waals surface area contributed by atoms with E-state index in [1.807, 2.05) is 0 Å². The number of carbonyl (C=O) groups excluding carboxylic acids is 4. The Bertz CT molecular complexity index is 542. The molecule has 0 aromatic rings. The molecule has 1 rings (SSSR count). The Hall–Kier alpha value is -2.71. The largest absolute Gasteiger partial charge is 0.480 e. The molecule has 9 heteroatoms. The van der Waals surface area contributed by atoms with E-state index in [9.17, 15) is 24.0 Å². The summed E-state index contributed by atoms with van der Waals surface area (Å²) in [5.74, 6) is -4.62. The Morgan fingerprint density at radius 2 is 1.77 bits per heavy atom. The molecule has 0 spiro atoms. The van der Waals surface area contributed by atoms with Crippen LogP contribution in [-0.2, 0) is 19.2 Å². The third-order valence-electron chi connectivity index (χ3n) is 3.00. The number of hydrogen-bond acceptors (Lipinski definition) is 5. The molecule has 0 aromatic carbocycles. The van der Waals surface area contributed by atoms with Gasteiger partial charge in [0, 0.05) is 6.54 Å². The van der Waals surface area contributed by atoms with Gasteiger partial charge in [0.05, 0.1) is 0 Å². The normalized spacial score (nSPS) is 16.2. The van der Waals surface area contributed by atoms with Crippen LogP contribution in [0.5, 0.6) is 0 Å². The predicted molar refractivity (Wildman–Crippen MR) is 73.4 cm³/mol. The summed E-state index contributed by atoms with van der Waals surface area (Å²) in [5, 5.41) is 11.2. The fraction of sp³-hybridized carbons (Fsp3) is 0.462. The molecule has 1 atom stereocenters. The summed E-state index contributed by atoms with van der Waals surface area (Å²) >= 11 is 0. The summed E-state index contributed by atoms with van der Waals surface area (Å²) < 4.78 is 0. The molecule has 120 valence electrons. The topological polar surface area (TPSA) is 124 Å². The van der Waals surface area contributed by atoms with Gasteiger partial charge in [-0.1, -0.05) is 19.9 Å². The van der Waals surface area contributed by atoms with Crippen LogP contribution in [0, 0.1) is 5.92 Å². The fourth-order valence-corrected chi connectivity index (χ4v) is 1.86. The van der Waals surface area contributed by atoms with Crippen LogP contribution in [0.1, 0.15) is 13.8 Å². The number of urea groups is 1. The van der Waals surface area contributed by atoms with Crippen LogP contribution in [0.4, 0.5) is 4.79 Å². The highest BCUT2D eigenvalue weighted by atomic mass is 16.4. The van der Waals surface area contributed by atoms with Gasteiger partial charge in [-0.05, 0) is 5.92 Å². The van der Waals surface area contributed by atoms with Crippen molar-refractivity contribution in [1.29, 1.82) is 0 Å². The zero-order chi connectivity index (χ0) is 17.0. The molecule has 5 amide bonds. The number of rotatable bonds is 7. The molecule has 1 heterocycles. The van der Waals surface area contributed by atoms with Gasteiger partial charge in [-0.25, -0.2) is 14.5 Å². The number of imide groups is 2. The fourth-order valence-electron chi connectivity index (χ4n) is 1.86. The van der Waals surface area contributed by atoms with E-state index in [0.717, 1.165) is 0 Å². The Labute approximate surface area is 126 Å². The van der Waals surface area contributed by atoms with Crippen molar-refractivity contribution in [3.63, 3.8) is 0 Å². The molecular weight excluding hydrogens is 294 g/mol. The lowest BCUT2D eigenvalue weighted by atomic mass is 10.0. The van der Waals surface area contributed by atoms with Crippen molar-refractivity contribution < 1.29 is 29.1 Å². The lowest BCUT2D eigenvalue weighted by Gasteiger charge is -2.19. The summed E-state index contributed by atoms with van der Waals surface area (Å²) in [6.45, 7) is 5.70. The molecule has 1 saturated heterocycles. The first-order valence-corrected chi connectivity index (χ1v) is 6.51. The summed E-state index contributed by atoms with van der Waals surface area (Å²) in [6.07, 6.45) is 1.27. The Morgan fingerprint density at radius 1 is 1.23 bits per heavy atom. The molecule has 0 radical (unpaired) electrons. The van der Waals surface area contributed by atoms with Crippen LogP contribution in [-0.4, -0.2) is 63.8 Å². The minimum atomic E-state index is -1.23.